The van der Waals surface area contributed by atoms with Crippen LogP contribution in [0.3, 0.4) is 0 Å². The number of hydrogen-bond donors (Lipinski definition) is 0. The Morgan fingerprint density at radius 2 is 1.82 bits per heavy atom. The average molecular weight is 452 g/mol. The highest BCUT2D eigenvalue weighted by molar-refractivity contribution is 6.03. The number of hydrogen-bond acceptors (Lipinski definition) is 4. The smallest absolute Gasteiger partial charge is 0.262 e. The van der Waals surface area contributed by atoms with Crippen LogP contribution in [-0.2, 0) is 14.3 Å². The van der Waals surface area contributed by atoms with Crippen molar-refractivity contribution in [1.29, 1.82) is 0 Å². The molecular weight excluding hydrogens is 421 g/mol. The van der Waals surface area contributed by atoms with Crippen LogP contribution in [0.5, 0.6) is 0 Å². The number of methoxy groups -OCH3 is 1. The van der Waals surface area contributed by atoms with Crippen LogP contribution in [0.1, 0.15) is 48.4 Å². The van der Waals surface area contributed by atoms with Gasteiger partial charge in [0.25, 0.3) is 5.91 Å². The number of hydrazone groups is 1. The SMILES string of the molecule is COCCN(CC(=O)N1N=C(c2ccc(F)cc2)C[C@@H]1c1ccc(C)cc1)C(=O)C1CCC1. The molecule has 2 aromatic rings. The van der Waals surface area contributed by atoms with Gasteiger partial charge in [-0.1, -0.05) is 48.4 Å². The molecule has 0 unspecified atom stereocenters. The fourth-order valence-corrected chi connectivity index (χ4v) is 4.22. The van der Waals surface area contributed by atoms with Gasteiger partial charge in [0.15, 0.2) is 0 Å². The van der Waals surface area contributed by atoms with E-state index in [0.717, 1.165) is 41.7 Å². The van der Waals surface area contributed by atoms with Crippen molar-refractivity contribution in [3.8, 4) is 0 Å². The molecule has 0 saturated heterocycles. The van der Waals surface area contributed by atoms with Crippen molar-refractivity contribution in [3.63, 3.8) is 0 Å². The lowest BCUT2D eigenvalue weighted by atomic mass is 9.84. The number of benzene rings is 2. The molecule has 6 nitrogen and oxygen atoms in total. The van der Waals surface area contributed by atoms with Crippen LogP contribution >= 0.6 is 0 Å². The van der Waals surface area contributed by atoms with Crippen LogP contribution in [0.4, 0.5) is 4.39 Å². The predicted octanol–water partition coefficient (Wildman–Crippen LogP) is 4.09. The zero-order valence-electron chi connectivity index (χ0n) is 19.2. The van der Waals surface area contributed by atoms with Gasteiger partial charge in [0.2, 0.25) is 5.91 Å². The number of halogens is 1. The van der Waals surface area contributed by atoms with Gasteiger partial charge in [-0.3, -0.25) is 9.59 Å². The molecule has 1 aliphatic heterocycles. The third-order valence-electron chi connectivity index (χ3n) is 6.46. The molecule has 4 rings (SSSR count). The number of rotatable bonds is 8. The first kappa shape index (κ1) is 23.1. The van der Waals surface area contributed by atoms with Crippen molar-refractivity contribution < 1.29 is 18.7 Å². The molecule has 1 saturated carbocycles. The Labute approximate surface area is 194 Å². The molecule has 2 amide bonds. The summed E-state index contributed by atoms with van der Waals surface area (Å²) in [5.41, 5.74) is 3.61. The summed E-state index contributed by atoms with van der Waals surface area (Å²) in [6, 6.07) is 13.9. The average Bonchev–Trinajstić information content (AvgIpc) is 3.22. The lowest BCUT2D eigenvalue weighted by molar-refractivity contribution is -0.146. The normalized spacial score (nSPS) is 18.1. The van der Waals surface area contributed by atoms with Gasteiger partial charge in [0.05, 0.1) is 18.4 Å². The topological polar surface area (TPSA) is 62.2 Å². The molecule has 0 bridgehead atoms. The summed E-state index contributed by atoms with van der Waals surface area (Å²) < 4.78 is 18.6. The van der Waals surface area contributed by atoms with Gasteiger partial charge in [-0.25, -0.2) is 9.40 Å². The van der Waals surface area contributed by atoms with E-state index in [4.69, 9.17) is 4.74 Å². The number of carbonyl (C=O) groups is 2. The lowest BCUT2D eigenvalue weighted by Crippen LogP contribution is -2.46. The summed E-state index contributed by atoms with van der Waals surface area (Å²) in [4.78, 5) is 28.0. The molecule has 2 aliphatic rings. The van der Waals surface area contributed by atoms with Crippen molar-refractivity contribution >= 4 is 17.5 Å². The van der Waals surface area contributed by atoms with E-state index >= 15 is 0 Å². The van der Waals surface area contributed by atoms with Gasteiger partial charge in [0.1, 0.15) is 12.4 Å². The Hall–Kier alpha value is -3.06. The van der Waals surface area contributed by atoms with Crippen LogP contribution in [0.25, 0.3) is 0 Å². The Kier molecular flexibility index (Phi) is 7.18. The van der Waals surface area contributed by atoms with Gasteiger partial charge in [-0.15, -0.1) is 0 Å². The second-order valence-electron chi connectivity index (χ2n) is 8.80. The molecule has 0 spiro atoms. The summed E-state index contributed by atoms with van der Waals surface area (Å²) in [5.74, 6) is -0.537. The van der Waals surface area contributed by atoms with Crippen molar-refractivity contribution in [1.82, 2.24) is 9.91 Å². The van der Waals surface area contributed by atoms with Crippen LogP contribution < -0.4 is 0 Å². The monoisotopic (exact) mass is 451 g/mol. The molecule has 33 heavy (non-hydrogen) atoms. The minimum Gasteiger partial charge on any atom is -0.383 e. The van der Waals surface area contributed by atoms with Crippen LogP contribution in [0.15, 0.2) is 53.6 Å². The van der Waals surface area contributed by atoms with E-state index in [1.807, 2.05) is 31.2 Å². The highest BCUT2D eigenvalue weighted by Crippen LogP contribution is 2.34. The maximum atomic E-state index is 13.5. The molecule has 0 aromatic heterocycles. The van der Waals surface area contributed by atoms with E-state index in [0.29, 0.717) is 19.6 Å². The Balaban J connectivity index is 1.59. The van der Waals surface area contributed by atoms with Crippen molar-refractivity contribution in [2.24, 2.45) is 11.0 Å². The molecule has 0 radical (unpaired) electrons. The Morgan fingerprint density at radius 1 is 1.12 bits per heavy atom. The fourth-order valence-electron chi connectivity index (χ4n) is 4.22. The number of amides is 2. The van der Waals surface area contributed by atoms with Crippen molar-refractivity contribution in [3.05, 3.63) is 71.0 Å². The zero-order valence-corrected chi connectivity index (χ0v) is 19.2. The molecule has 1 atom stereocenters. The fraction of sp³-hybridized carbons (Fsp3) is 0.423. The minimum atomic E-state index is -0.316. The quantitative estimate of drug-likeness (QED) is 0.607. The lowest BCUT2D eigenvalue weighted by Gasteiger charge is -2.32. The number of ether oxygens (including phenoxy) is 1. The standard InChI is InChI=1S/C26H30FN3O3/c1-18-6-8-20(9-7-18)24-16-23(19-10-12-22(27)13-11-19)28-30(24)25(31)17-29(14-15-33-2)26(32)21-4-3-5-21/h6-13,21,24H,3-5,14-17H2,1-2H3/t24-/m1/s1. The summed E-state index contributed by atoms with van der Waals surface area (Å²) in [6.45, 7) is 2.72. The third-order valence-corrected chi connectivity index (χ3v) is 6.46. The molecule has 1 aliphatic carbocycles. The van der Waals surface area contributed by atoms with E-state index in [9.17, 15) is 14.0 Å². The predicted molar refractivity (Wildman–Crippen MR) is 124 cm³/mol. The summed E-state index contributed by atoms with van der Waals surface area (Å²) >= 11 is 0. The van der Waals surface area contributed by atoms with E-state index in [-0.39, 0.29) is 36.1 Å². The van der Waals surface area contributed by atoms with E-state index in [1.54, 1.807) is 24.1 Å². The number of carbonyl (C=O) groups excluding carboxylic acids is 2. The molecule has 7 heteroatoms. The van der Waals surface area contributed by atoms with Crippen LogP contribution in [-0.4, -0.2) is 54.2 Å². The van der Waals surface area contributed by atoms with Crippen molar-refractivity contribution in [2.45, 2.75) is 38.6 Å². The number of aryl methyl sites for hydroxylation is 1. The second kappa shape index (κ2) is 10.3. The molecule has 1 fully saturated rings. The maximum Gasteiger partial charge on any atom is 0.262 e. The van der Waals surface area contributed by atoms with Gasteiger partial charge < -0.3 is 9.64 Å². The molecule has 0 N–H and O–H groups in total. The molecule has 1 heterocycles. The maximum absolute atomic E-state index is 13.5. The number of nitrogens with zero attached hydrogens (tertiary/aromatic N) is 3. The molecule has 174 valence electrons. The second-order valence-corrected chi connectivity index (χ2v) is 8.80. The first-order valence-electron chi connectivity index (χ1n) is 11.5. The van der Waals surface area contributed by atoms with Crippen LogP contribution in [0, 0.1) is 18.7 Å². The Morgan fingerprint density at radius 3 is 2.42 bits per heavy atom. The zero-order chi connectivity index (χ0) is 23.4. The van der Waals surface area contributed by atoms with Crippen LogP contribution in [0.2, 0.25) is 0 Å². The minimum absolute atomic E-state index is 0.000549. The third kappa shape index (κ3) is 5.30. The van der Waals surface area contributed by atoms with Gasteiger partial charge in [-0.2, -0.15) is 5.10 Å². The molecular formula is C26H30FN3O3. The largest absolute Gasteiger partial charge is 0.383 e. The molecule has 2 aromatic carbocycles. The highest BCUT2D eigenvalue weighted by atomic mass is 19.1. The van der Waals surface area contributed by atoms with Gasteiger partial charge in [-0.05, 0) is 43.0 Å². The van der Waals surface area contributed by atoms with E-state index in [1.165, 1.54) is 17.1 Å². The first-order chi connectivity index (χ1) is 16.0. The van der Waals surface area contributed by atoms with Crippen molar-refractivity contribution in [2.75, 3.05) is 26.8 Å². The summed E-state index contributed by atoms with van der Waals surface area (Å²) in [7, 11) is 1.58. The summed E-state index contributed by atoms with van der Waals surface area (Å²) in [6.07, 6.45) is 3.32. The van der Waals surface area contributed by atoms with Gasteiger partial charge >= 0.3 is 0 Å². The first-order valence-corrected chi connectivity index (χ1v) is 11.5. The van der Waals surface area contributed by atoms with E-state index in [2.05, 4.69) is 5.10 Å². The van der Waals surface area contributed by atoms with E-state index < -0.39 is 0 Å². The Bertz CT molecular complexity index is 1020. The summed E-state index contributed by atoms with van der Waals surface area (Å²) in [5, 5.41) is 6.15. The van der Waals surface area contributed by atoms with Gasteiger partial charge in [0, 0.05) is 26.0 Å². The highest BCUT2D eigenvalue weighted by Gasteiger charge is 2.36.